The maximum Gasteiger partial charge on any atom is 0.131 e. The van der Waals surface area contributed by atoms with Gasteiger partial charge in [0.15, 0.2) is 0 Å². The monoisotopic (exact) mass is 216 g/mol. The first-order valence-corrected chi connectivity index (χ1v) is 4.85. The second kappa shape index (κ2) is 4.62. The van der Waals surface area contributed by atoms with Gasteiger partial charge in [0.1, 0.15) is 5.82 Å². The summed E-state index contributed by atoms with van der Waals surface area (Å²) < 4.78 is 13.4. The lowest BCUT2D eigenvalue weighted by Crippen LogP contribution is -2.23. The average molecular weight is 217 g/mol. The van der Waals surface area contributed by atoms with Crippen molar-refractivity contribution in [2.75, 3.05) is 5.73 Å². The van der Waals surface area contributed by atoms with Crippen LogP contribution in [0.2, 0.25) is 5.02 Å². The van der Waals surface area contributed by atoms with Crippen LogP contribution in [0.25, 0.3) is 0 Å². The SMILES string of the molecule is CC(C)NCc1c(N)cc(Cl)cc1F. The Morgan fingerprint density at radius 2 is 2.14 bits per heavy atom. The minimum Gasteiger partial charge on any atom is -0.398 e. The zero-order valence-corrected chi connectivity index (χ0v) is 9.03. The van der Waals surface area contributed by atoms with Crippen molar-refractivity contribution in [2.45, 2.75) is 26.4 Å². The molecule has 0 fully saturated rings. The number of hydrogen-bond donors (Lipinski definition) is 2. The molecule has 0 aliphatic heterocycles. The Labute approximate surface area is 88.2 Å². The van der Waals surface area contributed by atoms with Crippen molar-refractivity contribution < 1.29 is 4.39 Å². The summed E-state index contributed by atoms with van der Waals surface area (Å²) in [7, 11) is 0. The van der Waals surface area contributed by atoms with Crippen LogP contribution in [0.15, 0.2) is 12.1 Å². The van der Waals surface area contributed by atoms with Gasteiger partial charge in [0.25, 0.3) is 0 Å². The Kier molecular flexibility index (Phi) is 3.72. The zero-order chi connectivity index (χ0) is 10.7. The Hall–Kier alpha value is -0.800. The van der Waals surface area contributed by atoms with Crippen molar-refractivity contribution in [2.24, 2.45) is 0 Å². The molecule has 0 bridgehead atoms. The highest BCUT2D eigenvalue weighted by molar-refractivity contribution is 6.30. The van der Waals surface area contributed by atoms with Crippen LogP contribution in [0.1, 0.15) is 19.4 Å². The Morgan fingerprint density at radius 3 is 2.64 bits per heavy atom. The van der Waals surface area contributed by atoms with E-state index in [0.29, 0.717) is 28.9 Å². The molecule has 0 radical (unpaired) electrons. The van der Waals surface area contributed by atoms with Crippen LogP contribution in [0, 0.1) is 5.82 Å². The van der Waals surface area contributed by atoms with Gasteiger partial charge in [0, 0.05) is 28.9 Å². The highest BCUT2D eigenvalue weighted by Crippen LogP contribution is 2.21. The first-order valence-electron chi connectivity index (χ1n) is 4.47. The van der Waals surface area contributed by atoms with Crippen LogP contribution in [0.5, 0.6) is 0 Å². The van der Waals surface area contributed by atoms with Gasteiger partial charge in [-0.3, -0.25) is 0 Å². The molecule has 0 aliphatic rings. The minimum atomic E-state index is -0.358. The van der Waals surface area contributed by atoms with Gasteiger partial charge in [0.2, 0.25) is 0 Å². The number of rotatable bonds is 3. The van der Waals surface area contributed by atoms with Crippen LogP contribution in [0.3, 0.4) is 0 Å². The minimum absolute atomic E-state index is 0.296. The highest BCUT2D eigenvalue weighted by atomic mass is 35.5. The summed E-state index contributed by atoms with van der Waals surface area (Å²) in [6.07, 6.45) is 0. The van der Waals surface area contributed by atoms with Crippen molar-refractivity contribution in [1.29, 1.82) is 0 Å². The molecular weight excluding hydrogens is 203 g/mol. The van der Waals surface area contributed by atoms with E-state index >= 15 is 0 Å². The van der Waals surface area contributed by atoms with Crippen LogP contribution in [-0.4, -0.2) is 6.04 Å². The summed E-state index contributed by atoms with van der Waals surface area (Å²) >= 11 is 5.64. The van der Waals surface area contributed by atoms with Crippen molar-refractivity contribution in [1.82, 2.24) is 5.32 Å². The van der Waals surface area contributed by atoms with Gasteiger partial charge in [-0.15, -0.1) is 0 Å². The maximum atomic E-state index is 13.4. The number of nitrogen functional groups attached to an aromatic ring is 1. The Balaban J connectivity index is 2.86. The second-order valence-electron chi connectivity index (χ2n) is 3.49. The van der Waals surface area contributed by atoms with Gasteiger partial charge in [-0.25, -0.2) is 4.39 Å². The third-order valence-electron chi connectivity index (χ3n) is 1.88. The van der Waals surface area contributed by atoms with Crippen LogP contribution >= 0.6 is 11.6 Å². The van der Waals surface area contributed by atoms with Gasteiger partial charge >= 0.3 is 0 Å². The molecule has 14 heavy (non-hydrogen) atoms. The third-order valence-corrected chi connectivity index (χ3v) is 2.10. The molecule has 2 nitrogen and oxygen atoms in total. The van der Waals surface area contributed by atoms with E-state index in [-0.39, 0.29) is 5.82 Å². The van der Waals surface area contributed by atoms with Crippen molar-refractivity contribution in [3.63, 3.8) is 0 Å². The van der Waals surface area contributed by atoms with Crippen molar-refractivity contribution in [3.05, 3.63) is 28.5 Å². The van der Waals surface area contributed by atoms with E-state index < -0.39 is 0 Å². The van der Waals surface area contributed by atoms with Gasteiger partial charge in [0.05, 0.1) is 0 Å². The molecule has 0 spiro atoms. The van der Waals surface area contributed by atoms with E-state index in [9.17, 15) is 4.39 Å². The third kappa shape index (κ3) is 2.86. The number of benzene rings is 1. The molecule has 78 valence electrons. The standard InChI is InChI=1S/C10H14ClFN2/c1-6(2)14-5-8-9(12)3-7(11)4-10(8)13/h3-4,6,14H,5,13H2,1-2H3. The fourth-order valence-electron chi connectivity index (χ4n) is 1.12. The summed E-state index contributed by atoms with van der Waals surface area (Å²) in [5.41, 5.74) is 6.51. The van der Waals surface area contributed by atoms with E-state index in [4.69, 9.17) is 17.3 Å². The molecule has 0 unspecified atom stereocenters. The van der Waals surface area contributed by atoms with Crippen LogP contribution < -0.4 is 11.1 Å². The molecule has 0 heterocycles. The topological polar surface area (TPSA) is 38.0 Å². The normalized spacial score (nSPS) is 10.9. The molecule has 0 aromatic heterocycles. The van der Waals surface area contributed by atoms with E-state index in [1.807, 2.05) is 13.8 Å². The molecular formula is C10H14ClFN2. The first kappa shape index (κ1) is 11.3. The predicted octanol–water partition coefficient (Wildman–Crippen LogP) is 2.56. The van der Waals surface area contributed by atoms with Gasteiger partial charge < -0.3 is 11.1 Å². The number of nitrogens with one attached hydrogen (secondary N) is 1. The molecule has 1 rings (SSSR count). The smallest absolute Gasteiger partial charge is 0.131 e. The van der Waals surface area contributed by atoms with E-state index in [1.165, 1.54) is 6.07 Å². The number of halogens is 2. The number of anilines is 1. The van der Waals surface area contributed by atoms with E-state index in [2.05, 4.69) is 5.32 Å². The van der Waals surface area contributed by atoms with E-state index in [1.54, 1.807) is 6.07 Å². The molecule has 0 aliphatic carbocycles. The quantitative estimate of drug-likeness (QED) is 0.763. The fraction of sp³-hybridized carbons (Fsp3) is 0.400. The summed E-state index contributed by atoms with van der Waals surface area (Å²) in [4.78, 5) is 0. The number of hydrogen-bond acceptors (Lipinski definition) is 2. The average Bonchev–Trinajstić information content (AvgIpc) is 2.01. The molecule has 4 heteroatoms. The van der Waals surface area contributed by atoms with E-state index in [0.717, 1.165) is 0 Å². The highest BCUT2D eigenvalue weighted by Gasteiger charge is 2.08. The summed E-state index contributed by atoms with van der Waals surface area (Å²) in [5.74, 6) is -0.358. The van der Waals surface area contributed by atoms with Crippen LogP contribution in [0.4, 0.5) is 10.1 Å². The maximum absolute atomic E-state index is 13.4. The number of nitrogens with two attached hydrogens (primary N) is 1. The van der Waals surface area contributed by atoms with Gasteiger partial charge in [-0.05, 0) is 12.1 Å². The van der Waals surface area contributed by atoms with Crippen molar-refractivity contribution in [3.8, 4) is 0 Å². The lowest BCUT2D eigenvalue weighted by Gasteiger charge is -2.11. The molecule has 1 aromatic carbocycles. The second-order valence-corrected chi connectivity index (χ2v) is 3.93. The first-order chi connectivity index (χ1) is 6.50. The van der Waals surface area contributed by atoms with Crippen LogP contribution in [-0.2, 0) is 6.54 Å². The molecule has 0 atom stereocenters. The predicted molar refractivity (Wildman–Crippen MR) is 57.8 cm³/mol. The summed E-state index contributed by atoms with van der Waals surface area (Å²) in [6, 6.07) is 3.13. The largest absolute Gasteiger partial charge is 0.398 e. The zero-order valence-electron chi connectivity index (χ0n) is 8.27. The van der Waals surface area contributed by atoms with Crippen molar-refractivity contribution >= 4 is 17.3 Å². The molecule has 0 saturated carbocycles. The summed E-state index contributed by atoms with van der Waals surface area (Å²) in [5, 5.41) is 3.43. The lowest BCUT2D eigenvalue weighted by atomic mass is 10.1. The van der Waals surface area contributed by atoms with Gasteiger partial charge in [-0.1, -0.05) is 25.4 Å². The molecule has 0 saturated heterocycles. The lowest BCUT2D eigenvalue weighted by molar-refractivity contribution is 0.554. The molecule has 0 amide bonds. The molecule has 3 N–H and O–H groups in total. The Bertz CT molecular complexity index is 303. The Morgan fingerprint density at radius 1 is 1.50 bits per heavy atom. The summed E-state index contributed by atoms with van der Waals surface area (Å²) in [6.45, 7) is 4.40. The fourth-order valence-corrected chi connectivity index (χ4v) is 1.33. The van der Waals surface area contributed by atoms with Gasteiger partial charge in [-0.2, -0.15) is 0 Å². The molecule has 1 aromatic rings.